The average molecular weight is 376 g/mol. The van der Waals surface area contributed by atoms with Gasteiger partial charge in [-0.2, -0.15) is 0 Å². The first-order valence-electron chi connectivity index (χ1n) is 9.56. The second-order valence-electron chi connectivity index (χ2n) is 8.86. The van der Waals surface area contributed by atoms with Crippen molar-refractivity contribution in [3.63, 3.8) is 0 Å². The highest BCUT2D eigenvalue weighted by atomic mass is 16.6. The molecule has 1 N–H and O–H groups in total. The van der Waals surface area contributed by atoms with Crippen LogP contribution in [0.25, 0.3) is 0 Å². The predicted octanol–water partition coefficient (Wildman–Crippen LogP) is 3.53. The van der Waals surface area contributed by atoms with Gasteiger partial charge in [-0.05, 0) is 33.3 Å². The van der Waals surface area contributed by atoms with Gasteiger partial charge in [-0.3, -0.25) is 0 Å². The molecule has 0 saturated carbocycles. The maximum Gasteiger partial charge on any atom is 0.410 e. The smallest absolute Gasteiger partial charge is 0.410 e. The van der Waals surface area contributed by atoms with Gasteiger partial charge in [0.05, 0.1) is 0 Å². The third kappa shape index (κ3) is 6.15. The number of carbonyl (C=O) groups is 2. The number of nitrogens with zero attached hydrogens (tertiary/aromatic N) is 2. The molecule has 3 amide bonds. The SMILES string of the molecule is Cc1ccc(C(C)(C)CNC(=O)N2CCN(C(=O)OC(C)(C)C)CC2)cc1. The van der Waals surface area contributed by atoms with E-state index < -0.39 is 5.60 Å². The molecule has 1 heterocycles. The largest absolute Gasteiger partial charge is 0.444 e. The number of aryl methyl sites for hydroxylation is 1. The van der Waals surface area contributed by atoms with Crippen molar-refractivity contribution >= 4 is 12.1 Å². The van der Waals surface area contributed by atoms with Crippen LogP contribution in [0.2, 0.25) is 0 Å². The van der Waals surface area contributed by atoms with Crippen molar-refractivity contribution in [1.82, 2.24) is 15.1 Å². The topological polar surface area (TPSA) is 61.9 Å². The number of carbonyl (C=O) groups excluding carboxylic acids is 2. The normalized spacial score (nSPS) is 15.5. The molecule has 27 heavy (non-hydrogen) atoms. The van der Waals surface area contributed by atoms with Crippen molar-refractivity contribution < 1.29 is 14.3 Å². The molecule has 0 bridgehead atoms. The quantitative estimate of drug-likeness (QED) is 0.879. The van der Waals surface area contributed by atoms with Gasteiger partial charge in [0.2, 0.25) is 0 Å². The van der Waals surface area contributed by atoms with Crippen molar-refractivity contribution in [3.8, 4) is 0 Å². The van der Waals surface area contributed by atoms with Crippen LogP contribution in [0.15, 0.2) is 24.3 Å². The number of piperazine rings is 1. The molecule has 0 atom stereocenters. The summed E-state index contributed by atoms with van der Waals surface area (Å²) >= 11 is 0. The van der Waals surface area contributed by atoms with E-state index in [0.717, 1.165) is 0 Å². The Labute approximate surface area is 162 Å². The molecule has 2 rings (SSSR count). The monoisotopic (exact) mass is 375 g/mol. The minimum atomic E-state index is -0.507. The molecule has 1 saturated heterocycles. The Morgan fingerprint density at radius 1 is 0.963 bits per heavy atom. The highest BCUT2D eigenvalue weighted by Gasteiger charge is 2.28. The summed E-state index contributed by atoms with van der Waals surface area (Å²) in [6.07, 6.45) is -0.317. The fourth-order valence-electron chi connectivity index (χ4n) is 2.93. The van der Waals surface area contributed by atoms with E-state index >= 15 is 0 Å². The van der Waals surface area contributed by atoms with Crippen LogP contribution in [-0.2, 0) is 10.2 Å². The highest BCUT2D eigenvalue weighted by molar-refractivity contribution is 5.75. The number of urea groups is 1. The average Bonchev–Trinajstić information content (AvgIpc) is 2.59. The van der Waals surface area contributed by atoms with E-state index in [1.165, 1.54) is 11.1 Å². The molecule has 0 aliphatic carbocycles. The first-order chi connectivity index (χ1) is 12.5. The van der Waals surface area contributed by atoms with E-state index in [-0.39, 0.29) is 17.5 Å². The van der Waals surface area contributed by atoms with E-state index in [4.69, 9.17) is 4.74 Å². The number of amides is 3. The Morgan fingerprint density at radius 3 is 2.00 bits per heavy atom. The molecule has 1 aliphatic rings. The predicted molar refractivity (Wildman–Crippen MR) is 107 cm³/mol. The molecule has 0 aromatic heterocycles. The van der Waals surface area contributed by atoms with Gasteiger partial charge in [0, 0.05) is 38.1 Å². The van der Waals surface area contributed by atoms with Gasteiger partial charge >= 0.3 is 12.1 Å². The molecule has 0 radical (unpaired) electrons. The summed E-state index contributed by atoms with van der Waals surface area (Å²) in [5, 5.41) is 3.04. The van der Waals surface area contributed by atoms with Crippen molar-refractivity contribution in [2.75, 3.05) is 32.7 Å². The van der Waals surface area contributed by atoms with E-state index in [1.807, 2.05) is 20.8 Å². The van der Waals surface area contributed by atoms with Crippen LogP contribution >= 0.6 is 0 Å². The van der Waals surface area contributed by atoms with Crippen molar-refractivity contribution in [2.45, 2.75) is 52.6 Å². The summed E-state index contributed by atoms with van der Waals surface area (Å²) in [5.74, 6) is 0. The second kappa shape index (κ2) is 8.19. The van der Waals surface area contributed by atoms with Crippen LogP contribution in [-0.4, -0.2) is 60.2 Å². The molecule has 1 aromatic carbocycles. The van der Waals surface area contributed by atoms with Crippen LogP contribution < -0.4 is 5.32 Å². The zero-order valence-corrected chi connectivity index (χ0v) is 17.5. The molecule has 1 aromatic rings. The Morgan fingerprint density at radius 2 is 1.48 bits per heavy atom. The van der Waals surface area contributed by atoms with Gasteiger partial charge < -0.3 is 19.9 Å². The van der Waals surface area contributed by atoms with E-state index in [9.17, 15) is 9.59 Å². The number of hydrogen-bond donors (Lipinski definition) is 1. The lowest BCUT2D eigenvalue weighted by molar-refractivity contribution is 0.0170. The molecular formula is C21H33N3O3. The van der Waals surface area contributed by atoms with Gasteiger partial charge in [0.1, 0.15) is 5.60 Å². The third-order valence-corrected chi connectivity index (χ3v) is 4.73. The molecular weight excluding hydrogens is 342 g/mol. The number of nitrogens with one attached hydrogen (secondary N) is 1. The first kappa shape index (κ1) is 21.1. The molecule has 0 spiro atoms. The summed E-state index contributed by atoms with van der Waals surface area (Å²) < 4.78 is 5.39. The van der Waals surface area contributed by atoms with Gasteiger partial charge in [-0.25, -0.2) is 9.59 Å². The summed E-state index contributed by atoms with van der Waals surface area (Å²) in [6, 6.07) is 8.32. The number of rotatable bonds is 3. The Hall–Kier alpha value is -2.24. The van der Waals surface area contributed by atoms with Gasteiger partial charge in [0.15, 0.2) is 0 Å². The lowest BCUT2D eigenvalue weighted by Crippen LogP contribution is -2.54. The van der Waals surface area contributed by atoms with Crippen LogP contribution in [0.5, 0.6) is 0 Å². The molecule has 0 unspecified atom stereocenters. The Kier molecular flexibility index (Phi) is 6.39. The summed E-state index contributed by atoms with van der Waals surface area (Å²) in [5.41, 5.74) is 1.76. The number of hydrogen-bond acceptors (Lipinski definition) is 3. The van der Waals surface area contributed by atoms with Crippen LogP contribution in [0.1, 0.15) is 45.7 Å². The maximum absolute atomic E-state index is 12.5. The molecule has 6 nitrogen and oxygen atoms in total. The highest BCUT2D eigenvalue weighted by Crippen LogP contribution is 2.22. The van der Waals surface area contributed by atoms with Gasteiger partial charge in [0.25, 0.3) is 0 Å². The summed E-state index contributed by atoms with van der Waals surface area (Å²) in [7, 11) is 0. The lowest BCUT2D eigenvalue weighted by Gasteiger charge is -2.36. The summed E-state index contributed by atoms with van der Waals surface area (Å²) in [6.45, 7) is 14.4. The second-order valence-corrected chi connectivity index (χ2v) is 8.86. The zero-order valence-electron chi connectivity index (χ0n) is 17.5. The fraction of sp³-hybridized carbons (Fsp3) is 0.619. The number of ether oxygens (including phenoxy) is 1. The number of benzene rings is 1. The van der Waals surface area contributed by atoms with Gasteiger partial charge in [-0.15, -0.1) is 0 Å². The minimum Gasteiger partial charge on any atom is -0.444 e. The van der Waals surface area contributed by atoms with E-state index in [0.29, 0.717) is 32.7 Å². The van der Waals surface area contributed by atoms with Crippen LogP contribution in [0, 0.1) is 6.92 Å². The Bertz CT molecular complexity index is 654. The standard InChI is InChI=1S/C21H33N3O3/c1-16-7-9-17(10-8-16)21(5,6)15-22-18(25)23-11-13-24(14-12-23)19(26)27-20(2,3)4/h7-10H,11-15H2,1-6H3,(H,22,25). The molecule has 1 aliphatic heterocycles. The van der Waals surface area contributed by atoms with Crippen molar-refractivity contribution in [3.05, 3.63) is 35.4 Å². The van der Waals surface area contributed by atoms with E-state index in [2.05, 4.69) is 50.4 Å². The van der Waals surface area contributed by atoms with Crippen molar-refractivity contribution in [1.29, 1.82) is 0 Å². The maximum atomic E-state index is 12.5. The van der Waals surface area contributed by atoms with E-state index in [1.54, 1.807) is 9.80 Å². The summed E-state index contributed by atoms with van der Waals surface area (Å²) in [4.78, 5) is 28.0. The lowest BCUT2D eigenvalue weighted by atomic mass is 9.84. The van der Waals surface area contributed by atoms with Gasteiger partial charge in [-0.1, -0.05) is 43.7 Å². The minimum absolute atomic E-state index is 0.0842. The molecule has 6 heteroatoms. The molecule has 150 valence electrons. The third-order valence-electron chi connectivity index (χ3n) is 4.73. The van der Waals surface area contributed by atoms with Crippen LogP contribution in [0.4, 0.5) is 9.59 Å². The molecule has 1 fully saturated rings. The van der Waals surface area contributed by atoms with Crippen molar-refractivity contribution in [2.24, 2.45) is 0 Å². The Balaban J connectivity index is 1.82. The fourth-order valence-corrected chi connectivity index (χ4v) is 2.93. The first-order valence-corrected chi connectivity index (χ1v) is 9.56. The van der Waals surface area contributed by atoms with Crippen LogP contribution in [0.3, 0.4) is 0 Å². The zero-order chi connectivity index (χ0) is 20.2.